The third kappa shape index (κ3) is 3.67. The van der Waals surface area contributed by atoms with Crippen LogP contribution in [0.3, 0.4) is 0 Å². The van der Waals surface area contributed by atoms with E-state index in [2.05, 4.69) is 10.6 Å². The number of phenolic OH excluding ortho intramolecular Hbond substituents is 2. The van der Waals surface area contributed by atoms with E-state index in [4.69, 9.17) is 11.6 Å². The summed E-state index contributed by atoms with van der Waals surface area (Å²) in [5.41, 5.74) is -1.11. The van der Waals surface area contributed by atoms with E-state index in [1.54, 1.807) is 0 Å². The zero-order valence-electron chi connectivity index (χ0n) is 15.3. The van der Waals surface area contributed by atoms with Crippen LogP contribution in [-0.4, -0.2) is 38.7 Å². The van der Waals surface area contributed by atoms with E-state index in [-0.39, 0.29) is 11.4 Å². The van der Waals surface area contributed by atoms with Crippen molar-refractivity contribution in [2.75, 3.05) is 5.32 Å². The number of fused-ring (bicyclic) bond motifs is 1. The average Bonchev–Trinajstić information content (AvgIpc) is 2.71. The molecular weight excluding hydrogens is 418 g/mol. The lowest BCUT2D eigenvalue weighted by molar-refractivity contribution is -0.384. The summed E-state index contributed by atoms with van der Waals surface area (Å²) in [4.78, 5) is 47.7. The van der Waals surface area contributed by atoms with Crippen molar-refractivity contribution in [3.63, 3.8) is 0 Å². The molecular formula is C19H14ClN3O7. The molecule has 0 aromatic heterocycles. The highest BCUT2D eigenvalue weighted by atomic mass is 35.5. The highest BCUT2D eigenvalue weighted by Gasteiger charge is 2.37. The highest BCUT2D eigenvalue weighted by molar-refractivity contribution is 6.50. The van der Waals surface area contributed by atoms with Crippen molar-refractivity contribution < 1.29 is 29.5 Å². The minimum atomic E-state index is -1.05. The number of nitro benzene ring substituents is 1. The molecule has 0 saturated carbocycles. The van der Waals surface area contributed by atoms with E-state index in [0.29, 0.717) is 0 Å². The quantitative estimate of drug-likeness (QED) is 0.319. The number of allylic oxidation sites excluding steroid dienone is 2. The molecule has 0 radical (unpaired) electrons. The minimum absolute atomic E-state index is 0.149. The van der Waals surface area contributed by atoms with Gasteiger partial charge >= 0.3 is 0 Å². The van der Waals surface area contributed by atoms with E-state index >= 15 is 0 Å². The Morgan fingerprint density at radius 1 is 1.03 bits per heavy atom. The van der Waals surface area contributed by atoms with E-state index in [0.717, 1.165) is 12.1 Å². The van der Waals surface area contributed by atoms with E-state index < -0.39 is 61.8 Å². The number of non-ortho nitro benzene ring substituents is 1. The Labute approximate surface area is 173 Å². The van der Waals surface area contributed by atoms with Crippen LogP contribution in [0.2, 0.25) is 0 Å². The fourth-order valence-corrected chi connectivity index (χ4v) is 3.05. The maximum atomic E-state index is 12.7. The minimum Gasteiger partial charge on any atom is -0.507 e. The largest absolute Gasteiger partial charge is 0.507 e. The van der Waals surface area contributed by atoms with Crippen molar-refractivity contribution in [2.45, 2.75) is 13.0 Å². The smallest absolute Gasteiger partial charge is 0.269 e. The summed E-state index contributed by atoms with van der Waals surface area (Å²) in [6.45, 7) is 1.40. The third-order valence-corrected chi connectivity index (χ3v) is 4.72. The van der Waals surface area contributed by atoms with Crippen LogP contribution in [0, 0.1) is 10.1 Å². The van der Waals surface area contributed by atoms with Crippen LogP contribution < -0.4 is 10.6 Å². The van der Waals surface area contributed by atoms with Gasteiger partial charge in [-0.15, -0.1) is 0 Å². The van der Waals surface area contributed by atoms with Crippen molar-refractivity contribution in [1.82, 2.24) is 5.32 Å². The molecule has 1 aliphatic carbocycles. The number of halogens is 1. The SMILES string of the molecule is C[C@H](NC1=C(Cl)C(=O)c2c(O)ccc(O)c2C1=O)C(=O)Nc1ccc([N+](=O)[O-])cc1. The summed E-state index contributed by atoms with van der Waals surface area (Å²) >= 11 is 5.99. The molecule has 1 atom stereocenters. The van der Waals surface area contributed by atoms with Gasteiger partial charge in [-0.2, -0.15) is 0 Å². The van der Waals surface area contributed by atoms with Crippen LogP contribution in [0.25, 0.3) is 0 Å². The number of rotatable bonds is 5. The highest BCUT2D eigenvalue weighted by Crippen LogP contribution is 2.37. The molecule has 0 heterocycles. The van der Waals surface area contributed by atoms with Crippen LogP contribution in [-0.2, 0) is 4.79 Å². The van der Waals surface area contributed by atoms with Crippen LogP contribution in [0.4, 0.5) is 11.4 Å². The molecule has 0 saturated heterocycles. The monoisotopic (exact) mass is 431 g/mol. The lowest BCUT2D eigenvalue weighted by atomic mass is 9.90. The molecule has 10 nitrogen and oxygen atoms in total. The second-order valence-corrected chi connectivity index (χ2v) is 6.74. The van der Waals surface area contributed by atoms with Crippen molar-refractivity contribution in [3.05, 3.63) is 68.4 Å². The van der Waals surface area contributed by atoms with Gasteiger partial charge in [0.2, 0.25) is 17.5 Å². The van der Waals surface area contributed by atoms with Gasteiger partial charge in [-0.25, -0.2) is 0 Å². The second kappa shape index (κ2) is 7.84. The molecule has 3 rings (SSSR count). The summed E-state index contributed by atoms with van der Waals surface area (Å²) in [6.07, 6.45) is 0. The molecule has 2 aromatic carbocycles. The molecule has 11 heteroatoms. The second-order valence-electron chi connectivity index (χ2n) is 6.36. The van der Waals surface area contributed by atoms with Crippen LogP contribution >= 0.6 is 11.6 Å². The normalized spacial score (nSPS) is 14.2. The molecule has 0 spiro atoms. The Bertz CT molecular complexity index is 1130. The first-order chi connectivity index (χ1) is 14.1. The molecule has 1 amide bonds. The molecule has 2 aromatic rings. The first-order valence-electron chi connectivity index (χ1n) is 8.47. The summed E-state index contributed by atoms with van der Waals surface area (Å²) in [5, 5.41) is 35.0. The van der Waals surface area contributed by atoms with Gasteiger partial charge < -0.3 is 20.8 Å². The lowest BCUT2D eigenvalue weighted by Crippen LogP contribution is -2.41. The number of nitrogens with one attached hydrogen (secondary N) is 2. The number of carbonyl (C=O) groups is 3. The van der Waals surface area contributed by atoms with Gasteiger partial charge in [-0.3, -0.25) is 24.5 Å². The van der Waals surface area contributed by atoms with E-state index in [9.17, 15) is 34.7 Å². The summed E-state index contributed by atoms with van der Waals surface area (Å²) < 4.78 is 0. The Kier molecular flexibility index (Phi) is 5.43. The van der Waals surface area contributed by atoms with Gasteiger partial charge in [-0.1, -0.05) is 11.6 Å². The van der Waals surface area contributed by atoms with Gasteiger partial charge in [0, 0.05) is 17.8 Å². The summed E-state index contributed by atoms with van der Waals surface area (Å²) in [5.74, 6) is -3.40. The molecule has 0 fully saturated rings. The number of phenols is 2. The molecule has 4 N–H and O–H groups in total. The number of Topliss-reactive ketones (excluding diaryl/α,β-unsaturated/α-hetero) is 2. The van der Waals surface area contributed by atoms with Crippen LogP contribution in [0.5, 0.6) is 11.5 Å². The number of aromatic hydroxyl groups is 2. The number of nitrogens with zero attached hydrogens (tertiary/aromatic N) is 1. The van der Waals surface area contributed by atoms with Gasteiger partial charge in [0.25, 0.3) is 5.69 Å². The maximum absolute atomic E-state index is 12.7. The first kappa shape index (κ1) is 20.8. The summed E-state index contributed by atoms with van der Waals surface area (Å²) in [7, 11) is 0. The van der Waals surface area contributed by atoms with Gasteiger partial charge in [0.05, 0.1) is 16.1 Å². The number of anilines is 1. The molecule has 154 valence electrons. The fraction of sp³-hybridized carbons (Fsp3) is 0.105. The molecule has 30 heavy (non-hydrogen) atoms. The van der Waals surface area contributed by atoms with Crippen molar-refractivity contribution in [3.8, 4) is 11.5 Å². The zero-order valence-corrected chi connectivity index (χ0v) is 16.1. The number of amides is 1. The molecule has 0 unspecified atom stereocenters. The molecule has 0 bridgehead atoms. The number of nitro groups is 1. The first-order valence-corrected chi connectivity index (χ1v) is 8.85. The van der Waals surface area contributed by atoms with Gasteiger partial charge in [0.1, 0.15) is 28.3 Å². The van der Waals surface area contributed by atoms with Crippen LogP contribution in [0.1, 0.15) is 27.6 Å². The average molecular weight is 432 g/mol. The van der Waals surface area contributed by atoms with Crippen molar-refractivity contribution >= 4 is 40.4 Å². The molecule has 1 aliphatic rings. The molecule has 0 aliphatic heterocycles. The predicted octanol–water partition coefficient (Wildman–Crippen LogP) is 2.45. The van der Waals surface area contributed by atoms with Crippen molar-refractivity contribution in [1.29, 1.82) is 0 Å². The number of carbonyl (C=O) groups excluding carboxylic acids is 3. The Morgan fingerprint density at radius 2 is 1.57 bits per heavy atom. The Balaban J connectivity index is 1.81. The van der Waals surface area contributed by atoms with Gasteiger partial charge in [-0.05, 0) is 31.2 Å². The van der Waals surface area contributed by atoms with Crippen LogP contribution in [0.15, 0.2) is 47.1 Å². The predicted molar refractivity (Wildman–Crippen MR) is 106 cm³/mol. The van der Waals surface area contributed by atoms with E-state index in [1.165, 1.54) is 31.2 Å². The Hall–Kier alpha value is -3.92. The number of ketones is 2. The Morgan fingerprint density at radius 3 is 2.10 bits per heavy atom. The standard InChI is InChI=1S/C19H14ClN3O7/c1-8(19(28)22-9-2-4-10(5-3-9)23(29)30)21-16-15(20)17(26)13-11(24)6-7-12(25)14(13)18(16)27/h2-8,21,24-25H,1H3,(H,22,28)/t8-/m0/s1. The summed E-state index contributed by atoms with van der Waals surface area (Å²) in [6, 6.07) is 6.15. The fourth-order valence-electron chi connectivity index (χ4n) is 2.82. The van der Waals surface area contributed by atoms with Crippen molar-refractivity contribution in [2.24, 2.45) is 0 Å². The maximum Gasteiger partial charge on any atom is 0.269 e. The van der Waals surface area contributed by atoms with E-state index in [1.807, 2.05) is 0 Å². The van der Waals surface area contributed by atoms with Gasteiger partial charge in [0.15, 0.2) is 0 Å². The zero-order chi connectivity index (χ0) is 22.2. The lowest BCUT2D eigenvalue weighted by Gasteiger charge is -2.23. The number of hydrogen-bond acceptors (Lipinski definition) is 8. The number of benzene rings is 2. The topological polar surface area (TPSA) is 159 Å². The third-order valence-electron chi connectivity index (χ3n) is 4.36. The number of hydrogen-bond donors (Lipinski definition) is 4.